The minimum Gasteiger partial charge on any atom is -0.376 e. The lowest BCUT2D eigenvalue weighted by Crippen LogP contribution is -2.38. The summed E-state index contributed by atoms with van der Waals surface area (Å²) in [6, 6.07) is 11.8. The maximum Gasteiger partial charge on any atom is 0.233 e. The van der Waals surface area contributed by atoms with Crippen LogP contribution in [0.1, 0.15) is 29.5 Å². The van der Waals surface area contributed by atoms with Gasteiger partial charge in [-0.1, -0.05) is 41.1 Å². The van der Waals surface area contributed by atoms with Crippen molar-refractivity contribution >= 4 is 44.2 Å². The number of hydrogen-bond donors (Lipinski definition) is 0. The van der Waals surface area contributed by atoms with E-state index in [0.29, 0.717) is 23.1 Å². The molecule has 1 unspecified atom stereocenters. The van der Waals surface area contributed by atoms with E-state index in [9.17, 15) is 4.79 Å². The van der Waals surface area contributed by atoms with Crippen LogP contribution in [0, 0.1) is 13.8 Å². The Balaban J connectivity index is 1.63. The Morgan fingerprint density at radius 2 is 2.11 bits per heavy atom. The van der Waals surface area contributed by atoms with Crippen LogP contribution in [-0.2, 0) is 16.0 Å². The molecule has 1 atom stereocenters. The molecule has 0 saturated carbocycles. The molecule has 1 aliphatic rings. The van der Waals surface area contributed by atoms with Crippen molar-refractivity contribution in [2.75, 3.05) is 18.1 Å². The van der Waals surface area contributed by atoms with Gasteiger partial charge in [-0.15, -0.1) is 0 Å². The van der Waals surface area contributed by atoms with Crippen molar-refractivity contribution in [2.24, 2.45) is 0 Å². The summed E-state index contributed by atoms with van der Waals surface area (Å²) in [6.45, 7) is 5.46. The molecule has 146 valence electrons. The molecule has 1 aliphatic heterocycles. The molecule has 2 heterocycles. The van der Waals surface area contributed by atoms with E-state index in [1.807, 2.05) is 24.3 Å². The zero-order chi connectivity index (χ0) is 19.7. The van der Waals surface area contributed by atoms with Crippen molar-refractivity contribution in [3.8, 4) is 0 Å². The standard InChI is InChI=1S/C22H23ClN2O2S/c1-14-5-6-16(10-15(14)2)11-21(26)25(13-18-4-3-9-27-18)22-24-19-8-7-17(23)12-20(19)28-22/h5-8,10,12,18H,3-4,9,11,13H2,1-2H3. The first-order chi connectivity index (χ1) is 13.5. The van der Waals surface area contributed by atoms with E-state index in [2.05, 4.69) is 26.0 Å². The van der Waals surface area contributed by atoms with Crippen molar-refractivity contribution < 1.29 is 9.53 Å². The van der Waals surface area contributed by atoms with Crippen molar-refractivity contribution in [1.82, 2.24) is 4.98 Å². The lowest BCUT2D eigenvalue weighted by molar-refractivity contribution is -0.118. The fourth-order valence-electron chi connectivity index (χ4n) is 3.46. The summed E-state index contributed by atoms with van der Waals surface area (Å²) in [5.41, 5.74) is 4.32. The van der Waals surface area contributed by atoms with Gasteiger partial charge in [-0.05, 0) is 61.6 Å². The molecular formula is C22H23ClN2O2S. The van der Waals surface area contributed by atoms with Gasteiger partial charge in [-0.3, -0.25) is 9.69 Å². The van der Waals surface area contributed by atoms with Gasteiger partial charge < -0.3 is 4.74 Å². The fourth-order valence-corrected chi connectivity index (χ4v) is 4.73. The first-order valence-corrected chi connectivity index (χ1v) is 10.7. The van der Waals surface area contributed by atoms with Crippen LogP contribution in [0.25, 0.3) is 10.2 Å². The fraction of sp³-hybridized carbons (Fsp3) is 0.364. The molecule has 3 aromatic rings. The largest absolute Gasteiger partial charge is 0.376 e. The Morgan fingerprint density at radius 3 is 2.86 bits per heavy atom. The van der Waals surface area contributed by atoms with Crippen LogP contribution in [0.4, 0.5) is 5.13 Å². The van der Waals surface area contributed by atoms with Gasteiger partial charge in [0, 0.05) is 11.6 Å². The zero-order valence-electron chi connectivity index (χ0n) is 16.1. The van der Waals surface area contributed by atoms with E-state index in [0.717, 1.165) is 35.2 Å². The second-order valence-electron chi connectivity index (χ2n) is 7.34. The maximum absolute atomic E-state index is 13.3. The van der Waals surface area contributed by atoms with Crippen LogP contribution in [0.2, 0.25) is 5.02 Å². The van der Waals surface area contributed by atoms with Gasteiger partial charge in [-0.25, -0.2) is 4.98 Å². The van der Waals surface area contributed by atoms with Gasteiger partial charge in [-0.2, -0.15) is 0 Å². The maximum atomic E-state index is 13.3. The Hall–Kier alpha value is -1.95. The Labute approximate surface area is 174 Å². The monoisotopic (exact) mass is 414 g/mol. The van der Waals surface area contributed by atoms with Gasteiger partial charge in [0.25, 0.3) is 0 Å². The first-order valence-electron chi connectivity index (χ1n) is 9.54. The molecule has 6 heteroatoms. The summed E-state index contributed by atoms with van der Waals surface area (Å²) >= 11 is 7.62. The van der Waals surface area contributed by atoms with E-state index in [4.69, 9.17) is 21.3 Å². The molecule has 4 nitrogen and oxygen atoms in total. The number of fused-ring (bicyclic) bond motifs is 1. The Morgan fingerprint density at radius 1 is 1.25 bits per heavy atom. The molecule has 1 amide bonds. The zero-order valence-corrected chi connectivity index (χ0v) is 17.6. The summed E-state index contributed by atoms with van der Waals surface area (Å²) in [5, 5.41) is 1.39. The summed E-state index contributed by atoms with van der Waals surface area (Å²) in [4.78, 5) is 19.7. The predicted molar refractivity (Wildman–Crippen MR) is 116 cm³/mol. The molecule has 0 N–H and O–H groups in total. The van der Waals surface area contributed by atoms with Crippen LogP contribution in [0.3, 0.4) is 0 Å². The van der Waals surface area contributed by atoms with Gasteiger partial charge in [0.05, 0.1) is 29.3 Å². The quantitative estimate of drug-likeness (QED) is 0.567. The number of amides is 1. The van der Waals surface area contributed by atoms with Crippen molar-refractivity contribution in [2.45, 2.75) is 39.2 Å². The average Bonchev–Trinajstić information content (AvgIpc) is 3.31. The Bertz CT molecular complexity index is 1010. The predicted octanol–water partition coefficient (Wildman–Crippen LogP) is 5.32. The lowest BCUT2D eigenvalue weighted by atomic mass is 10.0. The highest BCUT2D eigenvalue weighted by Crippen LogP contribution is 2.32. The van der Waals surface area contributed by atoms with Gasteiger partial charge in [0.2, 0.25) is 5.91 Å². The first kappa shape index (κ1) is 19.4. The number of carbonyl (C=O) groups is 1. The van der Waals surface area contributed by atoms with Crippen molar-refractivity contribution in [3.05, 3.63) is 58.1 Å². The van der Waals surface area contributed by atoms with E-state index < -0.39 is 0 Å². The van der Waals surface area contributed by atoms with Gasteiger partial charge in [0.15, 0.2) is 5.13 Å². The third-order valence-electron chi connectivity index (χ3n) is 5.21. The third kappa shape index (κ3) is 4.22. The molecule has 0 bridgehead atoms. The van der Waals surface area contributed by atoms with E-state index in [-0.39, 0.29) is 12.0 Å². The number of thiazole rings is 1. The second kappa shape index (κ2) is 8.19. The van der Waals surface area contributed by atoms with Crippen LogP contribution in [0.5, 0.6) is 0 Å². The number of anilines is 1. The number of benzene rings is 2. The summed E-state index contributed by atoms with van der Waals surface area (Å²) in [5.74, 6) is 0.0453. The smallest absolute Gasteiger partial charge is 0.233 e. The molecule has 2 aromatic carbocycles. The second-order valence-corrected chi connectivity index (χ2v) is 8.79. The van der Waals surface area contributed by atoms with Crippen LogP contribution >= 0.6 is 22.9 Å². The van der Waals surface area contributed by atoms with Crippen molar-refractivity contribution in [1.29, 1.82) is 0 Å². The van der Waals surface area contributed by atoms with Gasteiger partial charge >= 0.3 is 0 Å². The molecule has 0 radical (unpaired) electrons. The number of halogens is 1. The molecule has 1 fully saturated rings. The molecule has 28 heavy (non-hydrogen) atoms. The number of carbonyl (C=O) groups excluding carboxylic acids is 1. The number of aryl methyl sites for hydroxylation is 2. The SMILES string of the molecule is Cc1ccc(CC(=O)N(CC2CCCO2)c2nc3ccc(Cl)cc3s2)cc1C. The molecule has 1 aromatic heterocycles. The molecule has 0 spiro atoms. The molecular weight excluding hydrogens is 392 g/mol. The third-order valence-corrected chi connectivity index (χ3v) is 6.48. The summed E-state index contributed by atoms with van der Waals surface area (Å²) in [7, 11) is 0. The lowest BCUT2D eigenvalue weighted by Gasteiger charge is -2.23. The molecule has 4 rings (SSSR count). The number of rotatable bonds is 5. The van der Waals surface area contributed by atoms with E-state index in [1.54, 1.807) is 4.90 Å². The normalized spacial score (nSPS) is 16.6. The number of aromatic nitrogens is 1. The number of ether oxygens (including phenoxy) is 1. The van der Waals surface area contributed by atoms with Crippen LogP contribution < -0.4 is 4.90 Å². The topological polar surface area (TPSA) is 42.4 Å². The minimum absolute atomic E-state index is 0.0453. The highest BCUT2D eigenvalue weighted by Gasteiger charge is 2.26. The van der Waals surface area contributed by atoms with Crippen molar-refractivity contribution in [3.63, 3.8) is 0 Å². The average molecular weight is 415 g/mol. The van der Waals surface area contributed by atoms with Crippen LogP contribution in [0.15, 0.2) is 36.4 Å². The Kier molecular flexibility index (Phi) is 5.67. The molecule has 0 aliphatic carbocycles. The summed E-state index contributed by atoms with van der Waals surface area (Å²) in [6.07, 6.45) is 2.44. The molecule has 1 saturated heterocycles. The van der Waals surface area contributed by atoms with Gasteiger partial charge in [0.1, 0.15) is 0 Å². The van der Waals surface area contributed by atoms with E-state index in [1.165, 1.54) is 22.5 Å². The number of hydrogen-bond acceptors (Lipinski definition) is 4. The highest BCUT2D eigenvalue weighted by atomic mass is 35.5. The van der Waals surface area contributed by atoms with Crippen LogP contribution in [-0.4, -0.2) is 30.1 Å². The van der Waals surface area contributed by atoms with E-state index >= 15 is 0 Å². The highest BCUT2D eigenvalue weighted by molar-refractivity contribution is 7.22. The summed E-state index contributed by atoms with van der Waals surface area (Å²) < 4.78 is 6.78. The number of nitrogens with zero attached hydrogens (tertiary/aromatic N) is 2. The minimum atomic E-state index is 0.0453.